The fourth-order valence-corrected chi connectivity index (χ4v) is 5.78. The molecule has 1 aliphatic carbocycles. The molecule has 0 bridgehead atoms. The molecule has 9 heteroatoms. The smallest absolute Gasteiger partial charge is 0.251 e. The molecule has 1 aromatic heterocycles. The number of hydrogen-bond acceptors (Lipinski definition) is 5. The van der Waals surface area contributed by atoms with Crippen LogP contribution < -0.4 is 5.32 Å². The van der Waals surface area contributed by atoms with Gasteiger partial charge in [0, 0.05) is 31.5 Å². The van der Waals surface area contributed by atoms with Gasteiger partial charge in [0.2, 0.25) is 10.0 Å². The van der Waals surface area contributed by atoms with Crippen molar-refractivity contribution in [1.29, 1.82) is 0 Å². The molecule has 26 heavy (non-hydrogen) atoms. The highest BCUT2D eigenvalue weighted by atomic mass is 32.2. The van der Waals surface area contributed by atoms with Gasteiger partial charge in [0.15, 0.2) is 6.10 Å². The van der Waals surface area contributed by atoms with Crippen LogP contribution >= 0.6 is 0 Å². The minimum absolute atomic E-state index is 0.0387. The zero-order chi connectivity index (χ0) is 18.5. The maximum atomic E-state index is 12.5. The monoisotopic (exact) mass is 382 g/mol. The van der Waals surface area contributed by atoms with Gasteiger partial charge in [0.25, 0.3) is 5.91 Å². The second kappa shape index (κ2) is 6.31. The lowest BCUT2D eigenvalue weighted by Gasteiger charge is -2.45. The van der Waals surface area contributed by atoms with E-state index in [1.165, 1.54) is 0 Å². The summed E-state index contributed by atoms with van der Waals surface area (Å²) < 4.78 is 34.9. The van der Waals surface area contributed by atoms with E-state index in [-0.39, 0.29) is 17.2 Å². The summed E-state index contributed by atoms with van der Waals surface area (Å²) in [6.07, 6.45) is 5.55. The van der Waals surface area contributed by atoms with E-state index in [0.29, 0.717) is 32.5 Å². The Kier molecular flexibility index (Phi) is 4.36. The number of sulfonamides is 1. The minimum atomic E-state index is -3.18. The third-order valence-electron chi connectivity index (χ3n) is 5.41. The second-order valence-corrected chi connectivity index (χ2v) is 10.0. The minimum Gasteiger partial charge on any atom is -0.352 e. The Bertz CT molecular complexity index is 791. The summed E-state index contributed by atoms with van der Waals surface area (Å²) >= 11 is 0. The normalized spacial score (nSPS) is 26.0. The van der Waals surface area contributed by atoms with Gasteiger partial charge < -0.3 is 14.6 Å². The second-order valence-electron chi connectivity index (χ2n) is 7.81. The number of aromatic nitrogens is 2. The van der Waals surface area contributed by atoms with Crippen LogP contribution in [0.25, 0.3) is 0 Å². The molecule has 1 atom stereocenters. The lowest BCUT2D eigenvalue weighted by Crippen LogP contribution is -2.55. The molecule has 3 aliphatic rings. The van der Waals surface area contributed by atoms with E-state index in [0.717, 1.165) is 18.7 Å². The summed E-state index contributed by atoms with van der Waals surface area (Å²) in [5.74, 6) is 0.668. The molecule has 2 fully saturated rings. The Hall–Kier alpha value is -1.45. The largest absolute Gasteiger partial charge is 0.352 e. The Morgan fingerprint density at radius 1 is 1.35 bits per heavy atom. The molecule has 8 nitrogen and oxygen atoms in total. The number of rotatable bonds is 4. The average Bonchev–Trinajstić information content (AvgIpc) is 3.34. The molecule has 0 aromatic carbocycles. The zero-order valence-electron chi connectivity index (χ0n) is 15.2. The lowest BCUT2D eigenvalue weighted by molar-refractivity contribution is -0.171. The number of piperidine rings is 1. The maximum Gasteiger partial charge on any atom is 0.251 e. The molecule has 0 unspecified atom stereocenters. The topological polar surface area (TPSA) is 93.5 Å². The molecule has 1 amide bonds. The van der Waals surface area contributed by atoms with Crippen molar-refractivity contribution in [3.8, 4) is 0 Å². The first-order valence-corrected chi connectivity index (χ1v) is 10.8. The number of amides is 1. The van der Waals surface area contributed by atoms with Crippen molar-refractivity contribution in [3.63, 3.8) is 0 Å². The van der Waals surface area contributed by atoms with Crippen molar-refractivity contribution in [1.82, 2.24) is 19.2 Å². The Morgan fingerprint density at radius 3 is 2.65 bits per heavy atom. The summed E-state index contributed by atoms with van der Waals surface area (Å²) in [4.78, 5) is 17.0. The van der Waals surface area contributed by atoms with Crippen molar-refractivity contribution >= 4 is 15.9 Å². The van der Waals surface area contributed by atoms with E-state index < -0.39 is 21.7 Å². The molecule has 2 aliphatic heterocycles. The average molecular weight is 382 g/mol. The summed E-state index contributed by atoms with van der Waals surface area (Å²) in [7, 11) is -3.18. The summed E-state index contributed by atoms with van der Waals surface area (Å²) in [5, 5.41) is 2.71. The SMILES string of the molecule is CC(C)NC(=O)[C@H]1Cn2ccnc2C2(CCN(S(=O)(=O)C3CC3)CC2)O1. The van der Waals surface area contributed by atoms with Crippen LogP contribution in [0.15, 0.2) is 12.4 Å². The van der Waals surface area contributed by atoms with Crippen LogP contribution in [0, 0.1) is 0 Å². The van der Waals surface area contributed by atoms with E-state index >= 15 is 0 Å². The predicted molar refractivity (Wildman–Crippen MR) is 94.8 cm³/mol. The molecule has 1 aromatic rings. The highest BCUT2D eigenvalue weighted by Gasteiger charge is 2.50. The van der Waals surface area contributed by atoms with Crippen molar-refractivity contribution in [2.24, 2.45) is 0 Å². The fourth-order valence-electron chi connectivity index (χ4n) is 3.93. The maximum absolute atomic E-state index is 12.5. The van der Waals surface area contributed by atoms with E-state index in [1.807, 2.05) is 24.6 Å². The Morgan fingerprint density at radius 2 is 2.04 bits per heavy atom. The van der Waals surface area contributed by atoms with Crippen molar-refractivity contribution in [2.75, 3.05) is 13.1 Å². The molecule has 1 N–H and O–H groups in total. The number of imidazole rings is 1. The highest BCUT2D eigenvalue weighted by Crippen LogP contribution is 2.42. The number of carbonyl (C=O) groups is 1. The van der Waals surface area contributed by atoms with E-state index in [4.69, 9.17) is 4.74 Å². The van der Waals surface area contributed by atoms with Crippen molar-refractivity contribution in [3.05, 3.63) is 18.2 Å². The molecule has 4 rings (SSSR count). The van der Waals surface area contributed by atoms with Gasteiger partial charge in [0.05, 0.1) is 11.8 Å². The zero-order valence-corrected chi connectivity index (χ0v) is 16.0. The molecule has 3 heterocycles. The summed E-state index contributed by atoms with van der Waals surface area (Å²) in [6, 6.07) is 0.0387. The highest BCUT2D eigenvalue weighted by molar-refractivity contribution is 7.90. The van der Waals surface area contributed by atoms with Crippen LogP contribution in [0.4, 0.5) is 0 Å². The Labute approximate surface area is 154 Å². The predicted octanol–water partition coefficient (Wildman–Crippen LogP) is 0.590. The van der Waals surface area contributed by atoms with Gasteiger partial charge >= 0.3 is 0 Å². The third kappa shape index (κ3) is 3.05. The first-order valence-electron chi connectivity index (χ1n) is 9.31. The van der Waals surface area contributed by atoms with Gasteiger partial charge in [-0.15, -0.1) is 0 Å². The van der Waals surface area contributed by atoms with Gasteiger partial charge in [-0.25, -0.2) is 17.7 Å². The van der Waals surface area contributed by atoms with Gasteiger partial charge in [0.1, 0.15) is 11.4 Å². The van der Waals surface area contributed by atoms with Gasteiger partial charge in [-0.05, 0) is 39.5 Å². The van der Waals surface area contributed by atoms with Gasteiger partial charge in [-0.2, -0.15) is 0 Å². The van der Waals surface area contributed by atoms with Crippen molar-refractivity contribution in [2.45, 2.75) is 69.1 Å². The number of fused-ring (bicyclic) bond motifs is 2. The Balaban J connectivity index is 1.55. The van der Waals surface area contributed by atoms with Gasteiger partial charge in [-0.1, -0.05) is 0 Å². The number of ether oxygens (including phenoxy) is 1. The molecular weight excluding hydrogens is 356 g/mol. The van der Waals surface area contributed by atoms with E-state index in [2.05, 4.69) is 10.3 Å². The number of carbonyl (C=O) groups excluding carboxylic acids is 1. The summed E-state index contributed by atoms with van der Waals surface area (Å²) in [6.45, 7) is 5.08. The standard InChI is InChI=1S/C17H26N4O4S/c1-12(2)19-15(22)14-11-20-10-7-18-16(20)17(25-14)5-8-21(9-6-17)26(23,24)13-3-4-13/h7,10,12-14H,3-6,8-9,11H2,1-2H3,(H,19,22)/t14-/m1/s1. The number of nitrogens with zero attached hydrogens (tertiary/aromatic N) is 3. The van der Waals surface area contributed by atoms with E-state index in [1.54, 1.807) is 10.5 Å². The van der Waals surface area contributed by atoms with Crippen LogP contribution in [0.5, 0.6) is 0 Å². The first-order chi connectivity index (χ1) is 12.3. The van der Waals surface area contributed by atoms with Crippen molar-refractivity contribution < 1.29 is 17.9 Å². The quantitative estimate of drug-likeness (QED) is 0.823. The first kappa shape index (κ1) is 17.9. The number of nitrogens with one attached hydrogen (secondary N) is 1. The fraction of sp³-hybridized carbons (Fsp3) is 0.765. The van der Waals surface area contributed by atoms with E-state index in [9.17, 15) is 13.2 Å². The summed E-state index contributed by atoms with van der Waals surface area (Å²) in [5.41, 5.74) is -0.698. The molecule has 1 saturated heterocycles. The van der Waals surface area contributed by atoms with Gasteiger partial charge in [-0.3, -0.25) is 4.79 Å². The van der Waals surface area contributed by atoms with Crippen LogP contribution in [0.1, 0.15) is 45.4 Å². The van der Waals surface area contributed by atoms with Crippen LogP contribution in [-0.2, 0) is 31.7 Å². The number of hydrogen-bond donors (Lipinski definition) is 1. The van der Waals surface area contributed by atoms with Crippen LogP contribution in [0.2, 0.25) is 0 Å². The third-order valence-corrected chi connectivity index (χ3v) is 7.81. The molecule has 144 valence electrons. The van der Waals surface area contributed by atoms with Crippen LogP contribution in [0.3, 0.4) is 0 Å². The molecular formula is C17H26N4O4S. The molecule has 0 radical (unpaired) electrons. The molecule has 1 saturated carbocycles. The van der Waals surface area contributed by atoms with Crippen LogP contribution in [-0.4, -0.2) is 58.7 Å². The molecule has 1 spiro atoms. The lowest BCUT2D eigenvalue weighted by atomic mass is 9.89.